The molecule has 1 N–H and O–H groups in total. The van der Waals surface area contributed by atoms with Gasteiger partial charge in [-0.1, -0.05) is 11.6 Å². The minimum Gasteiger partial charge on any atom is -0.325 e. The molecule has 2 bridgehead atoms. The zero-order valence-electron chi connectivity index (χ0n) is 16.4. The maximum absolute atomic E-state index is 13.4. The van der Waals surface area contributed by atoms with E-state index in [1.165, 1.54) is 18.2 Å². The van der Waals surface area contributed by atoms with E-state index in [2.05, 4.69) is 15.1 Å². The van der Waals surface area contributed by atoms with Crippen LogP contribution >= 0.6 is 11.6 Å². The zero-order valence-corrected chi connectivity index (χ0v) is 18.0. The predicted octanol–water partition coefficient (Wildman–Crippen LogP) is 2.39. The molecule has 2 atom stereocenters. The van der Waals surface area contributed by atoms with Crippen molar-refractivity contribution < 1.29 is 17.6 Å². The van der Waals surface area contributed by atoms with Crippen molar-refractivity contribution in [3.05, 3.63) is 29.0 Å². The molecule has 2 unspecified atom stereocenters. The highest BCUT2D eigenvalue weighted by Crippen LogP contribution is 2.32. The Morgan fingerprint density at radius 1 is 1.25 bits per heavy atom. The number of nitrogens with zero attached hydrogens (tertiary/aromatic N) is 2. The number of carbonyl (C=O) groups is 1. The molecule has 3 heterocycles. The average Bonchev–Trinajstić information content (AvgIpc) is 2.52. The molecule has 1 aromatic rings. The Labute approximate surface area is 170 Å². The van der Waals surface area contributed by atoms with Crippen molar-refractivity contribution >= 4 is 33.0 Å². The third kappa shape index (κ3) is 4.84. The first-order valence-corrected chi connectivity index (χ1v) is 11.4. The van der Waals surface area contributed by atoms with E-state index < -0.39 is 20.4 Å². The van der Waals surface area contributed by atoms with Crippen LogP contribution in [0.2, 0.25) is 5.02 Å². The number of carbonyl (C=O) groups excluding carboxylic acids is 1. The fourth-order valence-corrected chi connectivity index (χ4v) is 5.12. The Balaban J connectivity index is 1.48. The molecule has 3 fully saturated rings. The summed E-state index contributed by atoms with van der Waals surface area (Å²) in [6.45, 7) is 7.39. The summed E-state index contributed by atoms with van der Waals surface area (Å²) in [6, 6.07) is 4.49. The number of piperazine rings is 1. The summed E-state index contributed by atoms with van der Waals surface area (Å²) in [7, 11) is -3.13. The summed E-state index contributed by atoms with van der Waals surface area (Å²) in [5, 5.41) is 2.91. The van der Waals surface area contributed by atoms with E-state index in [-0.39, 0.29) is 35.3 Å². The highest BCUT2D eigenvalue weighted by molar-refractivity contribution is 7.92. The third-order valence-corrected chi connectivity index (χ3v) is 8.29. The molecule has 0 saturated carbocycles. The number of anilines is 1. The number of benzene rings is 1. The molecule has 4 rings (SSSR count). The minimum absolute atomic E-state index is 0.157. The number of sulfone groups is 1. The second-order valence-corrected chi connectivity index (χ2v) is 11.9. The van der Waals surface area contributed by atoms with Crippen LogP contribution in [0.25, 0.3) is 0 Å². The first-order valence-electron chi connectivity index (χ1n) is 9.41. The van der Waals surface area contributed by atoms with Crippen molar-refractivity contribution in [3.8, 4) is 0 Å². The molecule has 9 heteroatoms. The van der Waals surface area contributed by atoms with Gasteiger partial charge in [-0.05, 0) is 45.4 Å². The second kappa shape index (κ2) is 7.89. The Morgan fingerprint density at radius 2 is 1.89 bits per heavy atom. The summed E-state index contributed by atoms with van der Waals surface area (Å²) in [4.78, 5) is 16.6. The molecule has 1 aromatic carbocycles. The maximum Gasteiger partial charge on any atom is 0.238 e. The molecule has 6 nitrogen and oxygen atoms in total. The van der Waals surface area contributed by atoms with Gasteiger partial charge in [0.1, 0.15) is 5.82 Å². The number of hydrogen-bond acceptors (Lipinski definition) is 5. The summed E-state index contributed by atoms with van der Waals surface area (Å²) < 4.78 is 37.3. The molecule has 0 radical (unpaired) electrons. The smallest absolute Gasteiger partial charge is 0.238 e. The lowest BCUT2D eigenvalue weighted by Crippen LogP contribution is -2.69. The second-order valence-electron chi connectivity index (χ2n) is 8.61. The number of hydrogen-bond donors (Lipinski definition) is 1. The molecule has 3 saturated heterocycles. The molecular weight excluding hydrogens is 405 g/mol. The van der Waals surface area contributed by atoms with Crippen LogP contribution < -0.4 is 5.32 Å². The Morgan fingerprint density at radius 3 is 2.46 bits per heavy atom. The van der Waals surface area contributed by atoms with Gasteiger partial charge in [0.15, 0.2) is 9.84 Å². The van der Waals surface area contributed by atoms with E-state index in [1.807, 2.05) is 0 Å². The van der Waals surface area contributed by atoms with Crippen LogP contribution in [0.4, 0.5) is 10.1 Å². The van der Waals surface area contributed by atoms with Crippen molar-refractivity contribution in [2.24, 2.45) is 0 Å². The van der Waals surface area contributed by atoms with Crippen LogP contribution in [0.1, 0.15) is 27.2 Å². The van der Waals surface area contributed by atoms with Crippen LogP contribution in [-0.4, -0.2) is 72.9 Å². The topological polar surface area (TPSA) is 69.7 Å². The standard InChI is InChI=1S/C19H27ClFN3O3S/c1-19(2,3)28(26,27)5-4-24-16-9-17(24)11-23(10-16)12-18(25)22-15-7-13(20)6-14(21)8-15/h6-8,16-17H,4-5,9-12H2,1-3H3,(H,22,25). The van der Waals surface area contributed by atoms with E-state index in [9.17, 15) is 17.6 Å². The third-order valence-electron chi connectivity index (χ3n) is 5.48. The van der Waals surface area contributed by atoms with Gasteiger partial charge in [-0.15, -0.1) is 0 Å². The van der Waals surface area contributed by atoms with Gasteiger partial charge in [-0.25, -0.2) is 12.8 Å². The fraction of sp³-hybridized carbons (Fsp3) is 0.632. The molecule has 28 heavy (non-hydrogen) atoms. The first-order chi connectivity index (χ1) is 12.9. The molecule has 3 aliphatic rings. The van der Waals surface area contributed by atoms with Gasteiger partial charge in [0.05, 0.1) is 17.0 Å². The summed E-state index contributed by atoms with van der Waals surface area (Å²) in [6.07, 6.45) is 1.03. The lowest BCUT2D eigenvalue weighted by Gasteiger charge is -2.56. The van der Waals surface area contributed by atoms with E-state index >= 15 is 0 Å². The predicted molar refractivity (Wildman–Crippen MR) is 109 cm³/mol. The number of fused-ring (bicyclic) bond motifs is 2. The molecule has 0 aliphatic carbocycles. The minimum atomic E-state index is -3.13. The van der Waals surface area contributed by atoms with E-state index in [1.54, 1.807) is 20.8 Å². The van der Waals surface area contributed by atoms with Crippen LogP contribution in [0.15, 0.2) is 18.2 Å². The van der Waals surface area contributed by atoms with Gasteiger partial charge in [0.2, 0.25) is 5.91 Å². The van der Waals surface area contributed by atoms with Gasteiger partial charge in [0, 0.05) is 42.4 Å². The Kier molecular flexibility index (Phi) is 6.06. The number of rotatable bonds is 6. The number of amides is 1. The molecule has 0 spiro atoms. The van der Waals surface area contributed by atoms with Gasteiger partial charge in [-0.2, -0.15) is 0 Å². The largest absolute Gasteiger partial charge is 0.325 e. The molecular formula is C19H27ClFN3O3S. The molecule has 156 valence electrons. The van der Waals surface area contributed by atoms with Crippen molar-refractivity contribution in [3.63, 3.8) is 0 Å². The maximum atomic E-state index is 13.4. The highest BCUT2D eigenvalue weighted by atomic mass is 35.5. The summed E-state index contributed by atoms with van der Waals surface area (Å²) in [5.41, 5.74) is 0.339. The lowest BCUT2D eigenvalue weighted by molar-refractivity contribution is -0.121. The quantitative estimate of drug-likeness (QED) is 0.748. The Hall–Kier alpha value is -1.22. The van der Waals surface area contributed by atoms with Crippen LogP contribution in [0, 0.1) is 5.82 Å². The van der Waals surface area contributed by atoms with Crippen molar-refractivity contribution in [2.75, 3.05) is 37.2 Å². The summed E-state index contributed by atoms with van der Waals surface area (Å²) in [5.74, 6) is -0.558. The SMILES string of the molecule is CC(C)(C)S(=O)(=O)CCN1C2CC1CN(CC(=O)Nc1cc(F)cc(Cl)c1)C2. The monoisotopic (exact) mass is 431 g/mol. The molecule has 3 aliphatic heterocycles. The van der Waals surface area contributed by atoms with Crippen molar-refractivity contribution in [1.82, 2.24) is 9.80 Å². The normalized spacial score (nSPS) is 23.3. The number of piperidine rings is 1. The average molecular weight is 432 g/mol. The van der Waals surface area contributed by atoms with Crippen molar-refractivity contribution in [1.29, 1.82) is 0 Å². The van der Waals surface area contributed by atoms with Crippen LogP contribution in [0.3, 0.4) is 0 Å². The highest BCUT2D eigenvalue weighted by Gasteiger charge is 2.45. The van der Waals surface area contributed by atoms with Gasteiger partial charge in [-0.3, -0.25) is 14.6 Å². The van der Waals surface area contributed by atoms with E-state index in [4.69, 9.17) is 11.6 Å². The van der Waals surface area contributed by atoms with E-state index in [0.29, 0.717) is 12.2 Å². The lowest BCUT2D eigenvalue weighted by atomic mass is 9.87. The van der Waals surface area contributed by atoms with Gasteiger partial charge < -0.3 is 5.32 Å². The summed E-state index contributed by atoms with van der Waals surface area (Å²) >= 11 is 5.81. The van der Waals surface area contributed by atoms with Crippen LogP contribution in [0.5, 0.6) is 0 Å². The zero-order chi connectivity index (χ0) is 20.7. The van der Waals surface area contributed by atoms with Gasteiger partial charge >= 0.3 is 0 Å². The molecule has 1 amide bonds. The van der Waals surface area contributed by atoms with E-state index in [0.717, 1.165) is 19.5 Å². The number of halogens is 2. The van der Waals surface area contributed by atoms with Gasteiger partial charge in [0.25, 0.3) is 0 Å². The Bertz CT molecular complexity index is 824. The van der Waals surface area contributed by atoms with Crippen LogP contribution in [-0.2, 0) is 14.6 Å². The van der Waals surface area contributed by atoms with Crippen molar-refractivity contribution in [2.45, 2.75) is 44.0 Å². The fourth-order valence-electron chi connectivity index (χ4n) is 3.83. The number of nitrogens with one attached hydrogen (secondary N) is 1. The first kappa shape index (κ1) is 21.5. The molecule has 0 aromatic heterocycles.